The Morgan fingerprint density at radius 2 is 1.85 bits per heavy atom. The van der Waals surface area contributed by atoms with E-state index in [1.165, 1.54) is 5.01 Å². The number of anilines is 1. The second kappa shape index (κ2) is 14.0. The van der Waals surface area contributed by atoms with Gasteiger partial charge in [0, 0.05) is 32.2 Å². The Morgan fingerprint density at radius 3 is 2.38 bits per heavy atom. The van der Waals surface area contributed by atoms with Crippen molar-refractivity contribution in [1.82, 2.24) is 13.8 Å². The molecule has 0 amide bonds. The molecule has 1 saturated heterocycles. The van der Waals surface area contributed by atoms with E-state index in [2.05, 4.69) is 14.0 Å². The molecule has 0 aromatic carbocycles. The van der Waals surface area contributed by atoms with Crippen molar-refractivity contribution in [2.45, 2.75) is 39.3 Å². The van der Waals surface area contributed by atoms with Crippen molar-refractivity contribution in [3.8, 4) is 5.88 Å². The van der Waals surface area contributed by atoms with Gasteiger partial charge >= 0.3 is 11.9 Å². The van der Waals surface area contributed by atoms with Crippen molar-refractivity contribution in [3.05, 3.63) is 17.1 Å². The lowest BCUT2D eigenvalue weighted by Gasteiger charge is -2.32. The van der Waals surface area contributed by atoms with Gasteiger partial charge in [0.05, 0.1) is 42.3 Å². The van der Waals surface area contributed by atoms with Crippen LogP contribution in [0.4, 0.5) is 5.82 Å². The Bertz CT molecular complexity index is 845. The predicted octanol–water partition coefficient (Wildman–Crippen LogP) is 1.18. The lowest BCUT2D eigenvalue weighted by molar-refractivity contribution is -0.147. The summed E-state index contributed by atoms with van der Waals surface area (Å²) in [6.45, 7) is 8.66. The predicted molar refractivity (Wildman–Crippen MR) is 121 cm³/mol. The van der Waals surface area contributed by atoms with E-state index < -0.39 is 29.6 Å². The number of nitroso groups, excluding NO2 is 1. The van der Waals surface area contributed by atoms with Gasteiger partial charge in [-0.2, -0.15) is 4.37 Å². The number of carbonyl (C=O) groups is 3. The number of ether oxygens (including phenoxy) is 3. The molecule has 15 heteroatoms. The molecule has 1 aromatic rings. The maximum atomic E-state index is 11.9. The van der Waals surface area contributed by atoms with Gasteiger partial charge in [-0.15, -0.1) is 9.28 Å². The minimum absolute atomic E-state index is 0.0515. The minimum atomic E-state index is -1.28. The molecule has 0 aliphatic carbocycles. The number of aliphatic carboxylic acids is 2. The molecular weight excluding hydrogens is 474 g/mol. The molecule has 2 heterocycles. The molecule has 0 bridgehead atoms. The van der Waals surface area contributed by atoms with E-state index in [1.807, 2.05) is 4.90 Å². The van der Waals surface area contributed by atoms with Gasteiger partial charge in [0.25, 0.3) is 11.8 Å². The van der Waals surface area contributed by atoms with Crippen LogP contribution in [-0.4, -0.2) is 93.0 Å². The fraction of sp³-hybridized carbons (Fsp3) is 0.632. The van der Waals surface area contributed by atoms with E-state index in [9.17, 15) is 14.5 Å². The summed E-state index contributed by atoms with van der Waals surface area (Å²) in [6, 6.07) is 0. The molecule has 0 radical (unpaired) electrons. The maximum Gasteiger partial charge on any atom is 0.331 e. The van der Waals surface area contributed by atoms with Gasteiger partial charge in [-0.1, -0.05) is 0 Å². The third-order valence-corrected chi connectivity index (χ3v) is 4.56. The maximum absolute atomic E-state index is 11.9. The first-order chi connectivity index (χ1) is 15.9. The number of rotatable bonds is 10. The Hall–Kier alpha value is -3.33. The second-order valence-electron chi connectivity index (χ2n) is 7.89. The highest BCUT2D eigenvalue weighted by Gasteiger charge is 2.28. The minimum Gasteiger partial charge on any atom is -0.481 e. The first-order valence-corrected chi connectivity index (χ1v) is 10.9. The van der Waals surface area contributed by atoms with Crippen molar-refractivity contribution in [3.63, 3.8) is 0 Å². The topological polar surface area (TPSA) is 181 Å². The van der Waals surface area contributed by atoms with Gasteiger partial charge in [-0.3, -0.25) is 9.80 Å². The number of hydrogen-bond donors (Lipinski definition) is 2. The van der Waals surface area contributed by atoms with Crippen molar-refractivity contribution in [2.75, 3.05) is 44.4 Å². The third-order valence-electron chi connectivity index (χ3n) is 4.05. The SMILES string of the molecule is CC(=O)O.CC(C)(C)N(C[C@@H](COc1nsnc1N1CCOCC1)OC(=O)/C=C\C(=O)O)N=O. The van der Waals surface area contributed by atoms with Crippen LogP contribution in [-0.2, 0) is 23.9 Å². The molecule has 0 unspecified atom stereocenters. The van der Waals surface area contributed by atoms with Crippen LogP contribution in [0.3, 0.4) is 0 Å². The van der Waals surface area contributed by atoms with Gasteiger partial charge < -0.3 is 29.3 Å². The molecule has 0 spiro atoms. The highest BCUT2D eigenvalue weighted by Crippen LogP contribution is 2.26. The van der Waals surface area contributed by atoms with Crippen LogP contribution < -0.4 is 9.64 Å². The van der Waals surface area contributed by atoms with Gasteiger partial charge in [-0.25, -0.2) is 9.59 Å². The van der Waals surface area contributed by atoms with E-state index in [-0.39, 0.29) is 19.0 Å². The number of esters is 1. The molecule has 34 heavy (non-hydrogen) atoms. The summed E-state index contributed by atoms with van der Waals surface area (Å²) < 4.78 is 24.8. The molecule has 190 valence electrons. The first kappa shape index (κ1) is 28.7. The summed E-state index contributed by atoms with van der Waals surface area (Å²) in [7, 11) is 0. The lowest BCUT2D eigenvalue weighted by Crippen LogP contribution is -2.44. The number of carboxylic acids is 2. The van der Waals surface area contributed by atoms with E-state index in [1.54, 1.807) is 20.8 Å². The second-order valence-corrected chi connectivity index (χ2v) is 8.42. The summed E-state index contributed by atoms with van der Waals surface area (Å²) in [6.07, 6.45) is 0.544. The van der Waals surface area contributed by atoms with Crippen LogP contribution in [0.2, 0.25) is 0 Å². The van der Waals surface area contributed by atoms with Crippen LogP contribution in [0.15, 0.2) is 17.4 Å². The van der Waals surface area contributed by atoms with E-state index >= 15 is 0 Å². The van der Waals surface area contributed by atoms with Crippen LogP contribution >= 0.6 is 11.7 Å². The lowest BCUT2D eigenvalue weighted by atomic mass is 10.1. The summed E-state index contributed by atoms with van der Waals surface area (Å²) in [5.41, 5.74) is -0.621. The van der Waals surface area contributed by atoms with Gasteiger partial charge in [-0.05, 0) is 20.8 Å². The van der Waals surface area contributed by atoms with Crippen LogP contribution in [0.5, 0.6) is 5.88 Å². The summed E-state index contributed by atoms with van der Waals surface area (Å²) >= 11 is 0.989. The van der Waals surface area contributed by atoms with Crippen molar-refractivity contribution >= 4 is 35.5 Å². The number of hydrogen-bond acceptors (Lipinski definition) is 12. The zero-order chi connectivity index (χ0) is 25.7. The van der Waals surface area contributed by atoms with Crippen LogP contribution in [0.25, 0.3) is 0 Å². The van der Waals surface area contributed by atoms with E-state index in [4.69, 9.17) is 29.2 Å². The van der Waals surface area contributed by atoms with Crippen molar-refractivity contribution in [2.24, 2.45) is 5.29 Å². The number of nitrogens with zero attached hydrogens (tertiary/aromatic N) is 5. The first-order valence-electron chi connectivity index (χ1n) is 10.1. The van der Waals surface area contributed by atoms with Crippen LogP contribution in [0.1, 0.15) is 27.7 Å². The summed E-state index contributed by atoms with van der Waals surface area (Å²) in [5.74, 6) is -2.14. The molecule has 1 aliphatic heterocycles. The average Bonchev–Trinajstić information content (AvgIpc) is 3.22. The monoisotopic (exact) mass is 503 g/mol. The highest BCUT2D eigenvalue weighted by atomic mass is 32.1. The van der Waals surface area contributed by atoms with Crippen LogP contribution in [0, 0.1) is 4.91 Å². The zero-order valence-corrected chi connectivity index (χ0v) is 20.2. The third kappa shape index (κ3) is 11.0. The molecule has 1 atom stereocenters. The fourth-order valence-corrected chi connectivity index (χ4v) is 3.02. The van der Waals surface area contributed by atoms with E-state index in [0.29, 0.717) is 38.2 Å². The molecule has 2 N–H and O–H groups in total. The molecular formula is C19H29N5O9S. The standard InChI is InChI=1S/C17H25N5O7S.C2H4O2/c1-17(2,3)22(20-26)10-12(29-14(25)5-4-13(23)24)11-28-16-15(18-30-19-16)21-6-8-27-9-7-21;1-2(3)4/h4-5,12H,6-11H2,1-3H3,(H,23,24);1H3,(H,3,4)/b5-4-;/t12-;/m0./s1. The molecule has 1 aromatic heterocycles. The van der Waals surface area contributed by atoms with E-state index in [0.717, 1.165) is 24.7 Å². The average molecular weight is 504 g/mol. The van der Waals surface area contributed by atoms with Gasteiger partial charge in [0.15, 0.2) is 6.10 Å². The van der Waals surface area contributed by atoms with Crippen molar-refractivity contribution < 1.29 is 38.8 Å². The number of carbonyl (C=O) groups excluding carboxylic acids is 1. The molecule has 0 saturated carbocycles. The number of morpholine rings is 1. The Balaban J connectivity index is 0.00000133. The Morgan fingerprint density at radius 1 is 1.24 bits per heavy atom. The number of carboxylic acid groups (broad SMARTS) is 2. The largest absolute Gasteiger partial charge is 0.481 e. The molecule has 1 fully saturated rings. The Kier molecular flexibility index (Phi) is 11.9. The molecule has 2 rings (SSSR count). The molecule has 1 aliphatic rings. The summed E-state index contributed by atoms with van der Waals surface area (Å²) in [4.78, 5) is 44.8. The van der Waals surface area contributed by atoms with Gasteiger partial charge in [0.1, 0.15) is 6.61 Å². The Labute approximate surface area is 200 Å². The fourth-order valence-electron chi connectivity index (χ4n) is 2.50. The smallest absolute Gasteiger partial charge is 0.331 e. The zero-order valence-electron chi connectivity index (χ0n) is 19.4. The molecule has 14 nitrogen and oxygen atoms in total. The normalized spacial score (nSPS) is 14.5. The van der Waals surface area contributed by atoms with Gasteiger partial charge in [0.2, 0.25) is 5.82 Å². The number of aromatic nitrogens is 2. The van der Waals surface area contributed by atoms with Crippen molar-refractivity contribution in [1.29, 1.82) is 0 Å². The summed E-state index contributed by atoms with van der Waals surface area (Å²) in [5, 5.41) is 20.3. The highest BCUT2D eigenvalue weighted by molar-refractivity contribution is 6.99. The quantitative estimate of drug-likeness (QED) is 0.201.